The highest BCUT2D eigenvalue weighted by Crippen LogP contribution is 2.23. The van der Waals surface area contributed by atoms with Gasteiger partial charge in [-0.1, -0.05) is 6.07 Å². The van der Waals surface area contributed by atoms with Gasteiger partial charge >= 0.3 is 0 Å². The highest BCUT2D eigenvalue weighted by molar-refractivity contribution is 7.09. The van der Waals surface area contributed by atoms with Crippen molar-refractivity contribution >= 4 is 16.9 Å². The second kappa shape index (κ2) is 4.14. The smallest absolute Gasteiger partial charge is 0.213 e. The molecule has 0 aliphatic carbocycles. The first kappa shape index (κ1) is 11.0. The number of halogens is 1. The minimum absolute atomic E-state index is 0.418. The van der Waals surface area contributed by atoms with Crippen LogP contribution in [0, 0.1) is 26.4 Å². The van der Waals surface area contributed by atoms with Gasteiger partial charge in [-0.15, -0.1) is 11.3 Å². The molecule has 0 fully saturated rings. The summed E-state index contributed by atoms with van der Waals surface area (Å²) in [6.07, 6.45) is 0. The molecule has 2 heterocycles. The summed E-state index contributed by atoms with van der Waals surface area (Å²) in [6.45, 7) is 9.67. The Balaban J connectivity index is 2.45. The average molecular weight is 233 g/mol. The maximum atomic E-state index is 13.0. The normalized spacial score (nSPS) is 10.4. The van der Waals surface area contributed by atoms with Crippen molar-refractivity contribution in [2.24, 2.45) is 0 Å². The summed E-state index contributed by atoms with van der Waals surface area (Å²) in [5.74, 6) is -0.532. The second-order valence-electron chi connectivity index (χ2n) is 3.46. The molecule has 1 radical (unpaired) electrons. The van der Waals surface area contributed by atoms with Crippen molar-refractivity contribution in [1.29, 1.82) is 0 Å². The third-order valence-electron chi connectivity index (χ3n) is 2.21. The van der Waals surface area contributed by atoms with Crippen LogP contribution in [0.1, 0.15) is 22.0 Å². The van der Waals surface area contributed by atoms with Gasteiger partial charge in [-0.3, -0.25) is 0 Å². The first-order valence-electron chi connectivity index (χ1n) is 4.76. The number of hydrogen-bond acceptors (Lipinski definition) is 3. The number of nitrogens with zero attached hydrogens (tertiary/aromatic N) is 2. The van der Waals surface area contributed by atoms with Crippen LogP contribution in [0.5, 0.6) is 0 Å². The summed E-state index contributed by atoms with van der Waals surface area (Å²) in [5.41, 5.74) is 2.37. The Labute approximate surface area is 97.5 Å². The first-order chi connectivity index (χ1) is 7.58. The molecule has 0 unspecified atom stereocenters. The number of thiazole rings is 1. The summed E-state index contributed by atoms with van der Waals surface area (Å²) in [6, 6.07) is 2.97. The average Bonchev–Trinajstić information content (AvgIpc) is 2.67. The van der Waals surface area contributed by atoms with Crippen LogP contribution >= 0.6 is 11.3 Å². The van der Waals surface area contributed by atoms with Gasteiger partial charge in [0.05, 0.1) is 16.4 Å². The van der Waals surface area contributed by atoms with Crippen LogP contribution < -0.4 is 0 Å². The van der Waals surface area contributed by atoms with Crippen molar-refractivity contribution < 1.29 is 4.39 Å². The molecule has 4 heteroatoms. The molecule has 0 bridgehead atoms. The van der Waals surface area contributed by atoms with E-state index in [-0.39, 0.29) is 0 Å². The fourth-order valence-corrected chi connectivity index (χ4v) is 2.00. The standard InChI is InChI=1S/C12H10FN2S/c1-7-4-5-11(13)15-12(7)8(2)10-6-16-9(3)14-10/h2,4-6H,1,3H3. The molecular formula is C12H10FN2S. The fraction of sp³-hybridized carbons (Fsp3) is 0.167. The van der Waals surface area contributed by atoms with Gasteiger partial charge in [0.1, 0.15) is 0 Å². The predicted octanol–water partition coefficient (Wildman–Crippen LogP) is 3.16. The number of rotatable bonds is 2. The summed E-state index contributed by atoms with van der Waals surface area (Å²) in [7, 11) is 0. The van der Waals surface area contributed by atoms with E-state index in [9.17, 15) is 4.39 Å². The van der Waals surface area contributed by atoms with Crippen LogP contribution in [0.25, 0.3) is 5.57 Å². The molecule has 0 saturated carbocycles. The van der Waals surface area contributed by atoms with E-state index in [1.807, 2.05) is 19.2 Å². The van der Waals surface area contributed by atoms with Crippen molar-refractivity contribution in [3.8, 4) is 0 Å². The van der Waals surface area contributed by atoms with Crippen molar-refractivity contribution in [2.45, 2.75) is 13.8 Å². The van der Waals surface area contributed by atoms with Crippen LogP contribution in [-0.4, -0.2) is 9.97 Å². The molecule has 0 atom stereocenters. The Hall–Kier alpha value is -1.55. The molecule has 0 aliphatic heterocycles. The zero-order chi connectivity index (χ0) is 11.7. The van der Waals surface area contributed by atoms with Crippen LogP contribution in [0.3, 0.4) is 0 Å². The van der Waals surface area contributed by atoms with Gasteiger partial charge in [-0.25, -0.2) is 9.97 Å². The molecule has 2 nitrogen and oxygen atoms in total. The van der Waals surface area contributed by atoms with Gasteiger partial charge in [-0.2, -0.15) is 4.39 Å². The minimum atomic E-state index is -0.532. The predicted molar refractivity (Wildman–Crippen MR) is 62.6 cm³/mol. The maximum Gasteiger partial charge on any atom is 0.213 e. The molecule has 0 N–H and O–H groups in total. The van der Waals surface area contributed by atoms with E-state index < -0.39 is 5.95 Å². The molecule has 0 aromatic carbocycles. The number of aryl methyl sites for hydroxylation is 2. The minimum Gasteiger partial charge on any atom is -0.241 e. The summed E-state index contributed by atoms with van der Waals surface area (Å²) in [5, 5.41) is 2.77. The fourth-order valence-electron chi connectivity index (χ4n) is 1.39. The Morgan fingerprint density at radius 2 is 2.06 bits per heavy atom. The first-order valence-corrected chi connectivity index (χ1v) is 5.64. The summed E-state index contributed by atoms with van der Waals surface area (Å²) in [4.78, 5) is 8.05. The Morgan fingerprint density at radius 1 is 1.31 bits per heavy atom. The SMILES string of the molecule is [CH]=C(c1csc(C)n1)c1nc(F)ccc1C. The summed E-state index contributed by atoms with van der Waals surface area (Å²) < 4.78 is 13.0. The van der Waals surface area contributed by atoms with Crippen molar-refractivity contribution in [3.05, 3.63) is 52.0 Å². The van der Waals surface area contributed by atoms with Crippen molar-refractivity contribution in [2.75, 3.05) is 0 Å². The monoisotopic (exact) mass is 233 g/mol. The van der Waals surface area contributed by atoms with Gasteiger partial charge in [0.25, 0.3) is 0 Å². The quantitative estimate of drug-likeness (QED) is 0.745. The molecule has 0 amide bonds. The van der Waals surface area contributed by atoms with E-state index in [0.717, 1.165) is 10.6 Å². The van der Waals surface area contributed by atoms with E-state index in [1.54, 1.807) is 6.07 Å². The highest BCUT2D eigenvalue weighted by atomic mass is 32.1. The maximum absolute atomic E-state index is 13.0. The lowest BCUT2D eigenvalue weighted by molar-refractivity contribution is 0.581. The van der Waals surface area contributed by atoms with Crippen LogP contribution in [-0.2, 0) is 0 Å². The Morgan fingerprint density at radius 3 is 2.69 bits per heavy atom. The van der Waals surface area contributed by atoms with Crippen LogP contribution in [0.15, 0.2) is 17.5 Å². The van der Waals surface area contributed by atoms with Gasteiger partial charge in [0.2, 0.25) is 5.95 Å². The number of pyridine rings is 1. The third-order valence-corrected chi connectivity index (χ3v) is 2.99. The zero-order valence-corrected chi connectivity index (χ0v) is 9.81. The van der Waals surface area contributed by atoms with Crippen LogP contribution in [0.4, 0.5) is 4.39 Å². The molecule has 81 valence electrons. The lowest BCUT2D eigenvalue weighted by Crippen LogP contribution is -1.97. The van der Waals surface area contributed by atoms with Crippen molar-refractivity contribution in [1.82, 2.24) is 9.97 Å². The molecule has 0 spiro atoms. The second-order valence-corrected chi connectivity index (χ2v) is 4.53. The number of aromatic nitrogens is 2. The highest BCUT2D eigenvalue weighted by Gasteiger charge is 2.11. The van der Waals surface area contributed by atoms with Crippen LogP contribution in [0.2, 0.25) is 0 Å². The third kappa shape index (κ3) is 2.02. The molecule has 16 heavy (non-hydrogen) atoms. The van der Waals surface area contributed by atoms with Gasteiger partial charge in [0, 0.05) is 11.0 Å². The lowest BCUT2D eigenvalue weighted by atomic mass is 10.1. The molecule has 2 rings (SSSR count). The Kier molecular flexibility index (Phi) is 2.83. The number of hydrogen-bond donors (Lipinski definition) is 0. The zero-order valence-electron chi connectivity index (χ0n) is 8.99. The van der Waals surface area contributed by atoms with Gasteiger partial charge < -0.3 is 0 Å². The van der Waals surface area contributed by atoms with Crippen molar-refractivity contribution in [3.63, 3.8) is 0 Å². The molecule has 0 saturated heterocycles. The van der Waals surface area contributed by atoms with Gasteiger partial charge in [0.15, 0.2) is 0 Å². The van der Waals surface area contributed by atoms with E-state index >= 15 is 0 Å². The largest absolute Gasteiger partial charge is 0.241 e. The molecule has 2 aromatic rings. The summed E-state index contributed by atoms with van der Waals surface area (Å²) >= 11 is 1.50. The van der Waals surface area contributed by atoms with E-state index in [1.165, 1.54) is 17.4 Å². The Bertz CT molecular complexity index is 546. The van der Waals surface area contributed by atoms with E-state index in [2.05, 4.69) is 9.97 Å². The molecule has 2 aromatic heterocycles. The van der Waals surface area contributed by atoms with E-state index in [0.29, 0.717) is 17.0 Å². The van der Waals surface area contributed by atoms with Gasteiger partial charge in [-0.05, 0) is 32.1 Å². The lowest BCUT2D eigenvalue weighted by Gasteiger charge is -2.05. The van der Waals surface area contributed by atoms with E-state index in [4.69, 9.17) is 6.58 Å². The molecule has 0 aliphatic rings. The molecular weight excluding hydrogens is 223 g/mol. The topological polar surface area (TPSA) is 25.8 Å².